The Kier molecular flexibility index (Phi) is 14.7. The van der Waals surface area contributed by atoms with Crippen molar-refractivity contribution in [1.29, 1.82) is 0 Å². The van der Waals surface area contributed by atoms with Crippen LogP contribution in [-0.4, -0.2) is 171 Å². The zero-order valence-corrected chi connectivity index (χ0v) is 24.3. The summed E-state index contributed by atoms with van der Waals surface area (Å²) in [5.41, 5.74) is 6.19. The molecular weight excluding hydrogens is 586 g/mol. The molecule has 1 aromatic carbocycles. The fourth-order valence-electron chi connectivity index (χ4n) is 4.88. The number of hydrogen-bond acceptors (Lipinski definition) is 12. The zero-order valence-electron chi connectivity index (χ0n) is 24.3. The highest BCUT2D eigenvalue weighted by Crippen LogP contribution is 2.29. The Bertz CT molecular complexity index is 1130. The molecule has 44 heavy (non-hydrogen) atoms. The van der Waals surface area contributed by atoms with Crippen LogP contribution in [0, 0.1) is 0 Å². The van der Waals surface area contributed by atoms with Crippen LogP contribution in [0.2, 0.25) is 0 Å². The number of carboxylic acids is 5. The van der Waals surface area contributed by atoms with Gasteiger partial charge in [0.25, 0.3) is 0 Å². The molecule has 2 rings (SSSR count). The van der Waals surface area contributed by atoms with E-state index in [1.165, 1.54) is 12.1 Å². The number of aliphatic carboxylic acids is 5. The largest absolute Gasteiger partial charge is 0.491 e. The van der Waals surface area contributed by atoms with Crippen molar-refractivity contribution < 1.29 is 59.3 Å². The number of nitrogens with zero attached hydrogens (tertiary/aromatic N) is 4. The summed E-state index contributed by atoms with van der Waals surface area (Å²) in [6, 6.07) is 2.80. The first-order valence-electron chi connectivity index (χ1n) is 13.9. The minimum absolute atomic E-state index is 0.0399. The minimum Gasteiger partial charge on any atom is -0.491 e. The quantitative estimate of drug-likeness (QED) is 0.101. The normalized spacial score (nSPS) is 17.2. The zero-order chi connectivity index (χ0) is 32.8. The van der Waals surface area contributed by atoms with Gasteiger partial charge in [0.2, 0.25) is 0 Å². The molecule has 0 spiro atoms. The van der Waals surface area contributed by atoms with E-state index in [1.54, 1.807) is 14.7 Å². The van der Waals surface area contributed by atoms with E-state index >= 15 is 0 Å². The van der Waals surface area contributed by atoms with E-state index in [4.69, 9.17) is 10.5 Å². The van der Waals surface area contributed by atoms with E-state index < -0.39 is 48.8 Å². The lowest BCUT2D eigenvalue weighted by atomic mass is 9.98. The van der Waals surface area contributed by atoms with E-state index in [-0.39, 0.29) is 94.6 Å². The summed E-state index contributed by atoms with van der Waals surface area (Å²) in [7, 11) is 0. The number of benzene rings is 1. The van der Waals surface area contributed by atoms with Crippen LogP contribution in [0.3, 0.4) is 0 Å². The van der Waals surface area contributed by atoms with E-state index in [1.807, 2.05) is 4.90 Å². The number of aliphatic hydroxyl groups excluding tert-OH is 1. The molecule has 0 aromatic heterocycles. The number of aliphatic hydroxyl groups is 1. The maximum Gasteiger partial charge on any atom is 0.317 e. The number of hydrogen-bond donors (Lipinski definition) is 7. The number of nitrogens with two attached hydrogens (primary N) is 1. The summed E-state index contributed by atoms with van der Waals surface area (Å²) in [4.78, 5) is 63.8. The number of rotatable bonds is 15. The van der Waals surface area contributed by atoms with Gasteiger partial charge < -0.3 is 41.1 Å². The minimum atomic E-state index is -1.23. The van der Waals surface area contributed by atoms with Crippen molar-refractivity contribution in [3.05, 3.63) is 23.3 Å². The first kappa shape index (κ1) is 36.2. The molecule has 17 heteroatoms. The Morgan fingerprint density at radius 2 is 1.02 bits per heavy atom. The number of nitrogen functional groups attached to an aromatic ring is 1. The first-order chi connectivity index (χ1) is 20.7. The van der Waals surface area contributed by atoms with Gasteiger partial charge in [0.15, 0.2) is 0 Å². The van der Waals surface area contributed by atoms with Gasteiger partial charge in [-0.15, -0.1) is 0 Å². The molecule has 1 aromatic rings. The van der Waals surface area contributed by atoms with Crippen molar-refractivity contribution >= 4 is 35.5 Å². The van der Waals surface area contributed by atoms with E-state index in [9.17, 15) is 54.6 Å². The van der Waals surface area contributed by atoms with E-state index in [0.717, 1.165) is 0 Å². The summed E-state index contributed by atoms with van der Waals surface area (Å²) in [5.74, 6) is -5.54. The van der Waals surface area contributed by atoms with Crippen molar-refractivity contribution in [2.75, 3.05) is 90.9 Å². The highest BCUT2D eigenvalue weighted by Gasteiger charge is 2.23. The molecule has 0 radical (unpaired) electrons. The third kappa shape index (κ3) is 13.5. The molecule has 1 aliphatic rings. The van der Waals surface area contributed by atoms with Gasteiger partial charge in [-0.1, -0.05) is 0 Å². The Morgan fingerprint density at radius 3 is 1.41 bits per heavy atom. The second kappa shape index (κ2) is 17.9. The van der Waals surface area contributed by atoms with Crippen LogP contribution in [0.15, 0.2) is 12.1 Å². The van der Waals surface area contributed by atoms with Crippen molar-refractivity contribution in [2.24, 2.45) is 0 Å². The lowest BCUT2D eigenvalue weighted by Crippen LogP contribution is -2.49. The summed E-state index contributed by atoms with van der Waals surface area (Å²) in [5, 5.41) is 57.5. The van der Waals surface area contributed by atoms with Gasteiger partial charge in [0.1, 0.15) is 18.5 Å². The molecule has 1 saturated heterocycles. The molecular formula is C27H41N5O12. The van der Waals surface area contributed by atoms with Crippen molar-refractivity contribution in [2.45, 2.75) is 18.9 Å². The average Bonchev–Trinajstić information content (AvgIpc) is 2.90. The molecule has 0 amide bonds. The molecule has 0 bridgehead atoms. The Balaban J connectivity index is 2.19. The van der Waals surface area contributed by atoms with Gasteiger partial charge in [0.05, 0.1) is 32.5 Å². The summed E-state index contributed by atoms with van der Waals surface area (Å²) < 4.78 is 5.73. The highest BCUT2D eigenvalue weighted by atomic mass is 16.5. The lowest BCUT2D eigenvalue weighted by molar-refractivity contribution is -0.140. The predicted octanol–water partition coefficient (Wildman–Crippen LogP) is -2.26. The second-order valence-corrected chi connectivity index (χ2v) is 10.5. The molecule has 1 aliphatic heterocycles. The average molecular weight is 628 g/mol. The molecule has 1 atom stereocenters. The molecule has 246 valence electrons. The number of carbonyl (C=O) groups is 5. The maximum absolute atomic E-state index is 11.5. The van der Waals surface area contributed by atoms with Gasteiger partial charge in [-0.2, -0.15) is 0 Å². The number of carboxylic acid groups (broad SMARTS) is 5. The Labute approximate surface area is 253 Å². The summed E-state index contributed by atoms with van der Waals surface area (Å²) in [6.45, 7) is 1.01. The fraction of sp³-hybridized carbons (Fsp3) is 0.593. The van der Waals surface area contributed by atoms with Gasteiger partial charge in [0, 0.05) is 70.2 Å². The lowest BCUT2D eigenvalue weighted by Gasteiger charge is -2.33. The first-order valence-corrected chi connectivity index (χ1v) is 13.9. The van der Waals surface area contributed by atoms with Crippen molar-refractivity contribution in [3.63, 3.8) is 0 Å². The third-order valence-corrected chi connectivity index (χ3v) is 6.99. The van der Waals surface area contributed by atoms with Gasteiger partial charge in [-0.3, -0.25) is 43.6 Å². The molecule has 1 fully saturated rings. The molecule has 17 nitrogen and oxygen atoms in total. The van der Waals surface area contributed by atoms with Crippen LogP contribution in [0.1, 0.15) is 11.1 Å². The van der Waals surface area contributed by atoms with Crippen molar-refractivity contribution in [1.82, 2.24) is 19.6 Å². The summed E-state index contributed by atoms with van der Waals surface area (Å²) in [6.07, 6.45) is -2.18. The SMILES string of the molecule is Nc1ccc(OCC(O)CN2CCN(CC(=O)O)CCN(CC(=O)O)CCN(CC(=O)O)CC2)c(CC(=O)O)c1CC(=O)O. The molecule has 1 unspecified atom stereocenters. The highest BCUT2D eigenvalue weighted by molar-refractivity contribution is 5.78. The van der Waals surface area contributed by atoms with Crippen molar-refractivity contribution in [3.8, 4) is 5.75 Å². The topological polar surface area (TPSA) is 255 Å². The second-order valence-electron chi connectivity index (χ2n) is 10.5. The monoisotopic (exact) mass is 627 g/mol. The van der Waals surface area contributed by atoms with Crippen LogP contribution in [0.25, 0.3) is 0 Å². The van der Waals surface area contributed by atoms with E-state index in [0.29, 0.717) is 13.1 Å². The Morgan fingerprint density at radius 1 is 0.636 bits per heavy atom. The smallest absolute Gasteiger partial charge is 0.317 e. The van der Waals surface area contributed by atoms with Crippen LogP contribution in [0.5, 0.6) is 5.75 Å². The number of anilines is 1. The van der Waals surface area contributed by atoms with E-state index in [2.05, 4.69) is 0 Å². The fourth-order valence-corrected chi connectivity index (χ4v) is 4.88. The Hall–Kier alpha value is -4.03. The van der Waals surface area contributed by atoms with Crippen LogP contribution < -0.4 is 10.5 Å². The van der Waals surface area contributed by atoms with Gasteiger partial charge in [-0.25, -0.2) is 0 Å². The van der Waals surface area contributed by atoms with Crippen LogP contribution >= 0.6 is 0 Å². The van der Waals surface area contributed by atoms with Gasteiger partial charge in [-0.05, 0) is 17.7 Å². The standard InChI is InChI=1S/C27H41N5O12/c28-21-1-2-22(20(12-24(36)37)19(21)11-23(34)35)44-17-18(33)13-29-3-5-30(14-25(38)39)7-9-32(16-27(42)43)10-8-31(6-4-29)15-26(40)41/h1-2,18,33H,3-17,28H2,(H,34,35)(H,36,37)(H,38,39)(H,40,41)(H,42,43). The summed E-state index contributed by atoms with van der Waals surface area (Å²) >= 11 is 0. The van der Waals surface area contributed by atoms with Crippen LogP contribution in [0.4, 0.5) is 5.69 Å². The molecule has 8 N–H and O–H groups in total. The third-order valence-electron chi connectivity index (χ3n) is 6.99. The van der Waals surface area contributed by atoms with Crippen LogP contribution in [-0.2, 0) is 36.8 Å². The molecule has 0 aliphatic carbocycles. The number of ether oxygens (including phenoxy) is 1. The molecule has 0 saturated carbocycles. The maximum atomic E-state index is 11.5. The predicted molar refractivity (Wildman–Crippen MR) is 154 cm³/mol. The number of β-amino-alcohol motifs (C(OH)–C–C–N with tert-alkyl or cyclic N) is 1. The van der Waals surface area contributed by atoms with Gasteiger partial charge >= 0.3 is 29.8 Å². The molecule has 1 heterocycles.